The molecule has 1 amide bonds. The molecule has 0 unspecified atom stereocenters. The van der Waals surface area contributed by atoms with E-state index in [0.717, 1.165) is 18.5 Å². The molecule has 0 aromatic carbocycles. The standard InChI is InChI=1S/C15H17F2N5O/c1-21(14(23)10-2-3-10)19-9-12-5-4-11(8-18-12)13-6-7-22(20-13)15(16)17/h4-8,10,15,19H,2-3,9H2,1H3. The summed E-state index contributed by atoms with van der Waals surface area (Å²) in [6, 6.07) is 5.06. The number of amides is 1. The van der Waals surface area contributed by atoms with Crippen LogP contribution in [0.25, 0.3) is 11.3 Å². The zero-order chi connectivity index (χ0) is 16.4. The SMILES string of the molecule is CN(NCc1ccc(-c2ccn(C(F)F)n2)cn1)C(=O)C1CC1. The van der Waals surface area contributed by atoms with E-state index in [2.05, 4.69) is 15.5 Å². The van der Waals surface area contributed by atoms with Gasteiger partial charge in [-0.15, -0.1) is 0 Å². The minimum Gasteiger partial charge on any atom is -0.281 e. The Labute approximate surface area is 132 Å². The molecule has 3 rings (SSSR count). The highest BCUT2D eigenvalue weighted by atomic mass is 19.3. The van der Waals surface area contributed by atoms with Gasteiger partial charge in [0.25, 0.3) is 0 Å². The van der Waals surface area contributed by atoms with Gasteiger partial charge >= 0.3 is 6.55 Å². The maximum absolute atomic E-state index is 12.5. The number of alkyl halides is 2. The number of pyridine rings is 1. The first-order chi connectivity index (χ1) is 11.0. The summed E-state index contributed by atoms with van der Waals surface area (Å²) in [5, 5.41) is 5.29. The zero-order valence-electron chi connectivity index (χ0n) is 12.6. The van der Waals surface area contributed by atoms with Crippen LogP contribution in [0, 0.1) is 5.92 Å². The smallest absolute Gasteiger partial charge is 0.281 e. The maximum Gasteiger partial charge on any atom is 0.333 e. The highest BCUT2D eigenvalue weighted by Crippen LogP contribution is 2.30. The van der Waals surface area contributed by atoms with E-state index in [1.165, 1.54) is 17.3 Å². The molecule has 1 aliphatic rings. The van der Waals surface area contributed by atoms with E-state index < -0.39 is 6.55 Å². The Morgan fingerprint density at radius 2 is 2.22 bits per heavy atom. The van der Waals surface area contributed by atoms with Crippen molar-refractivity contribution < 1.29 is 13.6 Å². The Morgan fingerprint density at radius 1 is 1.43 bits per heavy atom. The maximum atomic E-state index is 12.5. The Balaban J connectivity index is 1.59. The lowest BCUT2D eigenvalue weighted by molar-refractivity contribution is -0.134. The predicted molar refractivity (Wildman–Crippen MR) is 79.0 cm³/mol. The molecule has 8 heteroatoms. The van der Waals surface area contributed by atoms with Crippen molar-refractivity contribution in [1.29, 1.82) is 0 Å². The molecule has 0 bridgehead atoms. The molecule has 0 aliphatic heterocycles. The fraction of sp³-hybridized carbons (Fsp3) is 0.400. The molecule has 1 aliphatic carbocycles. The highest BCUT2D eigenvalue weighted by molar-refractivity contribution is 5.80. The molecule has 122 valence electrons. The first-order valence-electron chi connectivity index (χ1n) is 7.34. The van der Waals surface area contributed by atoms with Crippen LogP contribution < -0.4 is 5.43 Å². The van der Waals surface area contributed by atoms with E-state index in [-0.39, 0.29) is 11.8 Å². The normalized spacial score (nSPS) is 14.3. The van der Waals surface area contributed by atoms with E-state index >= 15 is 0 Å². The van der Waals surface area contributed by atoms with Gasteiger partial charge in [0.1, 0.15) is 0 Å². The Morgan fingerprint density at radius 3 is 2.78 bits per heavy atom. The molecular formula is C15H17F2N5O. The number of carbonyl (C=O) groups excluding carboxylic acids is 1. The van der Waals surface area contributed by atoms with Crippen molar-refractivity contribution in [3.63, 3.8) is 0 Å². The molecule has 23 heavy (non-hydrogen) atoms. The third kappa shape index (κ3) is 3.70. The molecule has 1 saturated carbocycles. The number of halogens is 2. The first kappa shape index (κ1) is 15.5. The van der Waals surface area contributed by atoms with Crippen molar-refractivity contribution in [2.24, 2.45) is 5.92 Å². The van der Waals surface area contributed by atoms with Crippen LogP contribution in [0.15, 0.2) is 30.6 Å². The monoisotopic (exact) mass is 321 g/mol. The number of nitrogens with zero attached hydrogens (tertiary/aromatic N) is 4. The lowest BCUT2D eigenvalue weighted by Crippen LogP contribution is -2.40. The lowest BCUT2D eigenvalue weighted by atomic mass is 10.2. The van der Waals surface area contributed by atoms with Crippen LogP contribution in [0.1, 0.15) is 25.1 Å². The molecule has 1 fully saturated rings. The third-order valence-corrected chi connectivity index (χ3v) is 3.68. The van der Waals surface area contributed by atoms with Crippen LogP contribution in [0.2, 0.25) is 0 Å². The van der Waals surface area contributed by atoms with Crippen molar-refractivity contribution in [2.75, 3.05) is 7.05 Å². The predicted octanol–water partition coefficient (Wildman–Crippen LogP) is 2.21. The fourth-order valence-corrected chi connectivity index (χ4v) is 2.16. The summed E-state index contributed by atoms with van der Waals surface area (Å²) in [6.45, 7) is -2.24. The molecule has 2 heterocycles. The molecule has 0 spiro atoms. The number of rotatable bonds is 6. The molecule has 6 nitrogen and oxygen atoms in total. The molecule has 2 aromatic rings. The van der Waals surface area contributed by atoms with Crippen LogP contribution in [-0.4, -0.2) is 32.7 Å². The summed E-state index contributed by atoms with van der Waals surface area (Å²) in [6.07, 6.45) is 4.73. The van der Waals surface area contributed by atoms with Crippen LogP contribution in [0.4, 0.5) is 8.78 Å². The van der Waals surface area contributed by atoms with Gasteiger partial charge in [0.05, 0.1) is 17.9 Å². The Hall–Kier alpha value is -2.35. The van der Waals surface area contributed by atoms with E-state index in [1.807, 2.05) is 0 Å². The largest absolute Gasteiger partial charge is 0.333 e. The molecule has 0 atom stereocenters. The molecule has 0 saturated heterocycles. The van der Waals surface area contributed by atoms with Gasteiger partial charge in [0.15, 0.2) is 0 Å². The second-order valence-corrected chi connectivity index (χ2v) is 5.50. The number of carbonyl (C=O) groups is 1. The van der Waals surface area contributed by atoms with Crippen LogP contribution >= 0.6 is 0 Å². The average Bonchev–Trinajstić information content (AvgIpc) is 3.28. The minimum atomic E-state index is -2.65. The Kier molecular flexibility index (Phi) is 4.33. The van der Waals surface area contributed by atoms with Gasteiger partial charge in [-0.25, -0.2) is 10.1 Å². The molecular weight excluding hydrogens is 304 g/mol. The Bertz CT molecular complexity index is 681. The van der Waals surface area contributed by atoms with Crippen molar-refractivity contribution in [2.45, 2.75) is 25.9 Å². The first-order valence-corrected chi connectivity index (χ1v) is 7.34. The van der Waals surface area contributed by atoms with Crippen LogP contribution in [-0.2, 0) is 11.3 Å². The van der Waals surface area contributed by atoms with Crippen molar-refractivity contribution in [3.05, 3.63) is 36.3 Å². The van der Waals surface area contributed by atoms with E-state index in [4.69, 9.17) is 0 Å². The van der Waals surface area contributed by atoms with Crippen molar-refractivity contribution in [1.82, 2.24) is 25.2 Å². The lowest BCUT2D eigenvalue weighted by Gasteiger charge is -2.17. The van der Waals surface area contributed by atoms with Gasteiger partial charge in [-0.05, 0) is 31.0 Å². The van der Waals surface area contributed by atoms with Crippen molar-refractivity contribution >= 4 is 5.91 Å². The quantitative estimate of drug-likeness (QED) is 0.829. The van der Waals surface area contributed by atoms with Crippen LogP contribution in [0.5, 0.6) is 0 Å². The number of hydrazine groups is 1. The van der Waals surface area contributed by atoms with Gasteiger partial charge in [0, 0.05) is 30.9 Å². The van der Waals surface area contributed by atoms with Gasteiger partial charge in [0.2, 0.25) is 5.91 Å². The summed E-state index contributed by atoms with van der Waals surface area (Å²) in [5.74, 6) is 0.256. The van der Waals surface area contributed by atoms with E-state index in [0.29, 0.717) is 22.5 Å². The number of hydrogen-bond donors (Lipinski definition) is 1. The summed E-state index contributed by atoms with van der Waals surface area (Å²) in [5.41, 5.74) is 4.85. The van der Waals surface area contributed by atoms with E-state index in [9.17, 15) is 13.6 Å². The number of hydrogen-bond acceptors (Lipinski definition) is 4. The van der Waals surface area contributed by atoms with Gasteiger partial charge in [-0.1, -0.05) is 0 Å². The summed E-state index contributed by atoms with van der Waals surface area (Å²) in [7, 11) is 1.70. The second kappa shape index (κ2) is 6.41. The van der Waals surface area contributed by atoms with Crippen LogP contribution in [0.3, 0.4) is 0 Å². The average molecular weight is 321 g/mol. The second-order valence-electron chi connectivity index (χ2n) is 5.50. The molecule has 0 radical (unpaired) electrons. The fourth-order valence-electron chi connectivity index (χ4n) is 2.16. The van der Waals surface area contributed by atoms with Gasteiger partial charge in [-0.2, -0.15) is 13.9 Å². The number of nitrogens with one attached hydrogen (secondary N) is 1. The number of aromatic nitrogens is 3. The van der Waals surface area contributed by atoms with Gasteiger partial charge in [-0.3, -0.25) is 14.8 Å². The summed E-state index contributed by atoms with van der Waals surface area (Å²) >= 11 is 0. The summed E-state index contributed by atoms with van der Waals surface area (Å²) < 4.78 is 25.6. The topological polar surface area (TPSA) is 63.1 Å². The highest BCUT2D eigenvalue weighted by Gasteiger charge is 2.31. The molecule has 1 N–H and O–H groups in total. The van der Waals surface area contributed by atoms with E-state index in [1.54, 1.807) is 25.4 Å². The zero-order valence-corrected chi connectivity index (χ0v) is 12.6. The molecule has 2 aromatic heterocycles. The third-order valence-electron chi connectivity index (χ3n) is 3.68. The minimum absolute atomic E-state index is 0.0964. The van der Waals surface area contributed by atoms with Crippen molar-refractivity contribution in [3.8, 4) is 11.3 Å². The van der Waals surface area contributed by atoms with Gasteiger partial charge < -0.3 is 0 Å². The summed E-state index contributed by atoms with van der Waals surface area (Å²) in [4.78, 5) is 16.1.